The molecule has 2 atom stereocenters. The fourth-order valence-electron chi connectivity index (χ4n) is 0.726. The Bertz CT molecular complexity index is 251. The zero-order chi connectivity index (χ0) is 11.8. The van der Waals surface area contributed by atoms with Gasteiger partial charge in [0.2, 0.25) is 0 Å². The number of esters is 1. The van der Waals surface area contributed by atoms with Gasteiger partial charge in [0.1, 0.15) is 11.0 Å². The minimum atomic E-state index is -1.70. The Morgan fingerprint density at radius 2 is 2.07 bits per heavy atom. The number of rotatable bonds is 7. The lowest BCUT2D eigenvalue weighted by atomic mass is 10.4. The van der Waals surface area contributed by atoms with Crippen LogP contribution in [-0.2, 0) is 25.1 Å². The lowest BCUT2D eigenvalue weighted by Gasteiger charge is -2.06. The van der Waals surface area contributed by atoms with E-state index in [1.165, 1.54) is 6.92 Å². The average Bonchev–Trinajstić information content (AvgIpc) is 2.16. The molecule has 0 aromatic heterocycles. The van der Waals surface area contributed by atoms with Gasteiger partial charge in [-0.2, -0.15) is 0 Å². The first-order chi connectivity index (χ1) is 6.99. The summed E-state index contributed by atoms with van der Waals surface area (Å²) in [4.78, 5) is 21.5. The molecule has 0 fully saturated rings. The highest BCUT2D eigenvalue weighted by Gasteiger charge is 2.21. The number of hydrogen-bond acceptors (Lipinski definition) is 4. The van der Waals surface area contributed by atoms with E-state index in [9.17, 15) is 13.8 Å². The molecule has 0 bridgehead atoms. The molecule has 0 aromatic carbocycles. The molecule has 0 amide bonds. The van der Waals surface area contributed by atoms with Gasteiger partial charge in [-0.15, -0.1) is 0 Å². The topological polar surface area (TPSA) is 80.7 Å². The maximum atomic E-state index is 11.3. The normalized spacial score (nSPS) is 14.3. The molecule has 0 saturated carbocycles. The van der Waals surface area contributed by atoms with Crippen molar-refractivity contribution in [3.05, 3.63) is 0 Å². The minimum absolute atomic E-state index is 0.300. The van der Waals surface area contributed by atoms with Gasteiger partial charge >= 0.3 is 11.9 Å². The molecule has 0 rings (SSSR count). The summed E-state index contributed by atoms with van der Waals surface area (Å²) < 4.78 is 16.0. The van der Waals surface area contributed by atoms with Gasteiger partial charge in [-0.05, 0) is 13.3 Å². The number of ether oxygens (including phenoxy) is 1. The standard InChI is InChI=1S/C9H16O5S/c1-3-4-5-14-8(10)6-15(13)7(2)9(11)12/h7H,3-6H2,1-2H3,(H,11,12). The minimum Gasteiger partial charge on any atom is -0.480 e. The Labute approximate surface area is 91.3 Å². The fraction of sp³-hybridized carbons (Fsp3) is 0.778. The van der Waals surface area contributed by atoms with Crippen LogP contribution in [0.15, 0.2) is 0 Å². The Hall–Kier alpha value is -0.910. The van der Waals surface area contributed by atoms with Crippen LogP contribution in [0.5, 0.6) is 0 Å². The predicted octanol–water partition coefficient (Wildman–Crippen LogP) is 0.552. The molecule has 6 heteroatoms. The van der Waals surface area contributed by atoms with Crippen LogP contribution >= 0.6 is 0 Å². The van der Waals surface area contributed by atoms with E-state index in [0.29, 0.717) is 6.61 Å². The molecule has 0 aliphatic carbocycles. The molecule has 1 N–H and O–H groups in total. The van der Waals surface area contributed by atoms with Crippen LogP contribution in [0, 0.1) is 0 Å². The van der Waals surface area contributed by atoms with Crippen LogP contribution in [0.1, 0.15) is 26.7 Å². The van der Waals surface area contributed by atoms with Crippen molar-refractivity contribution in [2.24, 2.45) is 0 Å². The molecule has 0 saturated heterocycles. The maximum Gasteiger partial charge on any atom is 0.318 e. The summed E-state index contributed by atoms with van der Waals surface area (Å²) in [6.45, 7) is 3.56. The first kappa shape index (κ1) is 14.1. The van der Waals surface area contributed by atoms with E-state index in [1.807, 2.05) is 6.92 Å². The number of aliphatic carboxylic acids is 1. The van der Waals surface area contributed by atoms with E-state index in [1.54, 1.807) is 0 Å². The Kier molecular flexibility index (Phi) is 6.94. The summed E-state index contributed by atoms with van der Waals surface area (Å²) in [6, 6.07) is 0. The Balaban J connectivity index is 3.86. The van der Waals surface area contributed by atoms with Crippen LogP contribution in [0.25, 0.3) is 0 Å². The van der Waals surface area contributed by atoms with Crippen molar-refractivity contribution in [2.75, 3.05) is 12.4 Å². The summed E-state index contributed by atoms with van der Waals surface area (Å²) in [5.74, 6) is -2.12. The van der Waals surface area contributed by atoms with Gasteiger partial charge in [0, 0.05) is 10.8 Å². The average molecular weight is 236 g/mol. The van der Waals surface area contributed by atoms with Crippen molar-refractivity contribution in [1.29, 1.82) is 0 Å². The summed E-state index contributed by atoms with van der Waals surface area (Å²) in [7, 11) is -1.70. The third-order valence-corrected chi connectivity index (χ3v) is 3.27. The number of carboxylic acid groups (broad SMARTS) is 1. The third-order valence-electron chi connectivity index (χ3n) is 1.76. The lowest BCUT2D eigenvalue weighted by Crippen LogP contribution is -2.27. The second-order valence-electron chi connectivity index (χ2n) is 3.08. The molecule has 0 aromatic rings. The third kappa shape index (κ3) is 6.22. The van der Waals surface area contributed by atoms with E-state index in [-0.39, 0.29) is 5.75 Å². The SMILES string of the molecule is CCCCOC(=O)CS(=O)C(C)C(=O)O. The summed E-state index contributed by atoms with van der Waals surface area (Å²) in [5, 5.41) is 7.50. The molecule has 0 radical (unpaired) electrons. The highest BCUT2D eigenvalue weighted by Crippen LogP contribution is 1.98. The second kappa shape index (κ2) is 7.39. The quantitative estimate of drug-likeness (QED) is 0.515. The highest BCUT2D eigenvalue weighted by molar-refractivity contribution is 7.87. The van der Waals surface area contributed by atoms with E-state index < -0.39 is 28.0 Å². The van der Waals surface area contributed by atoms with Gasteiger partial charge in [0.25, 0.3) is 0 Å². The predicted molar refractivity (Wildman–Crippen MR) is 56.0 cm³/mol. The number of hydrogen-bond donors (Lipinski definition) is 1. The largest absolute Gasteiger partial charge is 0.480 e. The molecular formula is C9H16O5S. The Morgan fingerprint density at radius 1 is 1.47 bits per heavy atom. The monoisotopic (exact) mass is 236 g/mol. The van der Waals surface area contributed by atoms with Crippen molar-refractivity contribution in [2.45, 2.75) is 31.9 Å². The first-order valence-electron chi connectivity index (χ1n) is 4.74. The van der Waals surface area contributed by atoms with E-state index >= 15 is 0 Å². The number of carbonyl (C=O) groups excluding carboxylic acids is 1. The lowest BCUT2D eigenvalue weighted by molar-refractivity contribution is -0.140. The fourth-order valence-corrected chi connectivity index (χ4v) is 1.52. The number of unbranched alkanes of at least 4 members (excludes halogenated alkanes) is 1. The zero-order valence-corrected chi connectivity index (χ0v) is 9.71. The molecular weight excluding hydrogens is 220 g/mol. The molecule has 0 aliphatic heterocycles. The van der Waals surface area contributed by atoms with Crippen molar-refractivity contribution in [1.82, 2.24) is 0 Å². The van der Waals surface area contributed by atoms with Crippen LogP contribution in [0.2, 0.25) is 0 Å². The van der Waals surface area contributed by atoms with Crippen LogP contribution in [-0.4, -0.2) is 38.9 Å². The molecule has 88 valence electrons. The maximum absolute atomic E-state index is 11.3. The molecule has 15 heavy (non-hydrogen) atoms. The van der Waals surface area contributed by atoms with Gasteiger partial charge < -0.3 is 9.84 Å². The van der Waals surface area contributed by atoms with Gasteiger partial charge in [0.05, 0.1) is 6.61 Å². The van der Waals surface area contributed by atoms with Crippen LogP contribution in [0.3, 0.4) is 0 Å². The van der Waals surface area contributed by atoms with E-state index in [0.717, 1.165) is 12.8 Å². The number of carbonyl (C=O) groups is 2. The van der Waals surface area contributed by atoms with Crippen LogP contribution in [0.4, 0.5) is 0 Å². The van der Waals surface area contributed by atoms with Crippen molar-refractivity contribution in [3.63, 3.8) is 0 Å². The molecule has 0 heterocycles. The molecule has 5 nitrogen and oxygen atoms in total. The van der Waals surface area contributed by atoms with Gasteiger partial charge in [-0.3, -0.25) is 13.8 Å². The van der Waals surface area contributed by atoms with Crippen molar-refractivity contribution < 1.29 is 23.6 Å². The number of carboxylic acids is 1. The Morgan fingerprint density at radius 3 is 2.53 bits per heavy atom. The molecule has 2 unspecified atom stereocenters. The highest BCUT2D eigenvalue weighted by atomic mass is 32.2. The van der Waals surface area contributed by atoms with Gasteiger partial charge in [0.15, 0.2) is 0 Å². The van der Waals surface area contributed by atoms with Gasteiger partial charge in [-0.25, -0.2) is 0 Å². The van der Waals surface area contributed by atoms with Crippen molar-refractivity contribution >= 4 is 22.7 Å². The zero-order valence-electron chi connectivity index (χ0n) is 8.89. The molecule has 0 aliphatic rings. The van der Waals surface area contributed by atoms with Gasteiger partial charge in [-0.1, -0.05) is 13.3 Å². The second-order valence-corrected chi connectivity index (χ2v) is 4.84. The summed E-state index contributed by atoms with van der Waals surface area (Å²) in [5.41, 5.74) is 0. The van der Waals surface area contributed by atoms with Crippen LogP contribution < -0.4 is 0 Å². The van der Waals surface area contributed by atoms with Crippen molar-refractivity contribution in [3.8, 4) is 0 Å². The van der Waals surface area contributed by atoms with E-state index in [4.69, 9.17) is 9.84 Å². The summed E-state index contributed by atoms with van der Waals surface area (Å²) in [6.07, 6.45) is 1.66. The molecule has 0 spiro atoms. The smallest absolute Gasteiger partial charge is 0.318 e. The first-order valence-corrected chi connectivity index (χ1v) is 6.12. The van der Waals surface area contributed by atoms with E-state index in [2.05, 4.69) is 0 Å². The summed E-state index contributed by atoms with van der Waals surface area (Å²) >= 11 is 0.